The third-order valence-corrected chi connectivity index (χ3v) is 2.81. The smallest absolute Gasteiger partial charge is 0.237 e. The summed E-state index contributed by atoms with van der Waals surface area (Å²) in [6.45, 7) is 5.15. The van der Waals surface area contributed by atoms with Gasteiger partial charge in [-0.1, -0.05) is 19.8 Å². The summed E-state index contributed by atoms with van der Waals surface area (Å²) in [5, 5.41) is 6.13. The summed E-state index contributed by atoms with van der Waals surface area (Å²) in [5.74, 6) is 0.124. The van der Waals surface area contributed by atoms with Crippen LogP contribution in [-0.2, 0) is 9.53 Å². The first-order chi connectivity index (χ1) is 7.84. The van der Waals surface area contributed by atoms with E-state index in [4.69, 9.17) is 4.74 Å². The molecule has 1 heterocycles. The Bertz CT molecular complexity index is 197. The van der Waals surface area contributed by atoms with Gasteiger partial charge in [0.05, 0.1) is 12.6 Å². The molecule has 5 heteroatoms. The molecule has 4 nitrogen and oxygen atoms in total. The number of hydrogen-bond acceptors (Lipinski definition) is 3. The Kier molecular flexibility index (Phi) is 10.6. The van der Waals surface area contributed by atoms with Gasteiger partial charge in [0, 0.05) is 13.2 Å². The van der Waals surface area contributed by atoms with Crippen LogP contribution in [0.3, 0.4) is 0 Å². The molecule has 0 aromatic heterocycles. The summed E-state index contributed by atoms with van der Waals surface area (Å²) in [4.78, 5) is 11.7. The first-order valence-corrected chi connectivity index (χ1v) is 6.43. The van der Waals surface area contributed by atoms with E-state index >= 15 is 0 Å². The van der Waals surface area contributed by atoms with Gasteiger partial charge in [-0.05, 0) is 25.8 Å². The van der Waals surface area contributed by atoms with E-state index in [-0.39, 0.29) is 24.4 Å². The van der Waals surface area contributed by atoms with Gasteiger partial charge in [0.1, 0.15) is 0 Å². The SMILES string of the molecule is CCCCOCCNC(=O)C1CCCCN1.Cl. The first-order valence-electron chi connectivity index (χ1n) is 6.43. The Labute approximate surface area is 110 Å². The zero-order valence-corrected chi connectivity index (χ0v) is 11.5. The molecular formula is C12H25ClN2O2. The van der Waals surface area contributed by atoms with E-state index in [0.717, 1.165) is 38.8 Å². The van der Waals surface area contributed by atoms with Crippen LogP contribution < -0.4 is 10.6 Å². The highest BCUT2D eigenvalue weighted by Crippen LogP contribution is 2.06. The van der Waals surface area contributed by atoms with Crippen molar-refractivity contribution in [3.05, 3.63) is 0 Å². The quantitative estimate of drug-likeness (QED) is 0.685. The zero-order valence-electron chi connectivity index (χ0n) is 10.7. The third kappa shape index (κ3) is 7.58. The third-order valence-electron chi connectivity index (χ3n) is 2.81. The second-order valence-electron chi connectivity index (χ2n) is 4.26. The van der Waals surface area contributed by atoms with Gasteiger partial charge in [-0.3, -0.25) is 4.79 Å². The van der Waals surface area contributed by atoms with Crippen LogP contribution in [0.5, 0.6) is 0 Å². The van der Waals surface area contributed by atoms with Crippen molar-refractivity contribution < 1.29 is 9.53 Å². The molecule has 1 saturated heterocycles. The van der Waals surface area contributed by atoms with E-state index < -0.39 is 0 Å². The lowest BCUT2D eigenvalue weighted by Gasteiger charge is -2.22. The Morgan fingerprint density at radius 1 is 1.41 bits per heavy atom. The molecule has 1 fully saturated rings. The summed E-state index contributed by atoms with van der Waals surface area (Å²) < 4.78 is 5.38. The molecule has 0 aromatic carbocycles. The lowest BCUT2D eigenvalue weighted by molar-refractivity contribution is -0.123. The normalized spacial score (nSPS) is 19.5. The minimum absolute atomic E-state index is 0. The maximum absolute atomic E-state index is 11.7. The summed E-state index contributed by atoms with van der Waals surface area (Å²) in [6.07, 6.45) is 5.54. The number of hydrogen-bond donors (Lipinski definition) is 2. The Hall–Kier alpha value is -0.320. The first kappa shape index (κ1) is 16.7. The molecule has 1 aliphatic heterocycles. The highest BCUT2D eigenvalue weighted by molar-refractivity contribution is 5.85. The van der Waals surface area contributed by atoms with Crippen molar-refractivity contribution in [2.75, 3.05) is 26.3 Å². The van der Waals surface area contributed by atoms with Gasteiger partial charge in [-0.15, -0.1) is 12.4 Å². The molecule has 0 saturated carbocycles. The Balaban J connectivity index is 0.00000256. The lowest BCUT2D eigenvalue weighted by Crippen LogP contribution is -2.47. The van der Waals surface area contributed by atoms with Gasteiger partial charge < -0.3 is 15.4 Å². The van der Waals surface area contributed by atoms with Gasteiger partial charge in [-0.2, -0.15) is 0 Å². The maximum atomic E-state index is 11.7. The van der Waals surface area contributed by atoms with Gasteiger partial charge in [0.25, 0.3) is 0 Å². The number of ether oxygens (including phenoxy) is 1. The average Bonchev–Trinajstić information content (AvgIpc) is 2.34. The minimum atomic E-state index is 0. The van der Waals surface area contributed by atoms with Crippen LogP contribution in [0.15, 0.2) is 0 Å². The fourth-order valence-corrected chi connectivity index (χ4v) is 1.79. The molecule has 1 rings (SSSR count). The molecule has 0 bridgehead atoms. The fraction of sp³-hybridized carbons (Fsp3) is 0.917. The highest BCUT2D eigenvalue weighted by atomic mass is 35.5. The van der Waals surface area contributed by atoms with Crippen molar-refractivity contribution in [3.8, 4) is 0 Å². The standard InChI is InChI=1S/C12H24N2O2.ClH/c1-2-3-9-16-10-8-14-12(15)11-6-4-5-7-13-11;/h11,13H,2-10H2,1H3,(H,14,15);1H. The summed E-state index contributed by atoms with van der Waals surface area (Å²) in [7, 11) is 0. The van der Waals surface area contributed by atoms with Gasteiger partial charge in [0.15, 0.2) is 0 Å². The van der Waals surface area contributed by atoms with E-state index in [0.29, 0.717) is 13.2 Å². The molecular weight excluding hydrogens is 240 g/mol. The average molecular weight is 265 g/mol. The number of unbranched alkanes of at least 4 members (excludes halogenated alkanes) is 1. The van der Waals surface area contributed by atoms with Crippen LogP contribution in [0.2, 0.25) is 0 Å². The number of halogens is 1. The van der Waals surface area contributed by atoms with Crippen molar-refractivity contribution >= 4 is 18.3 Å². The lowest BCUT2D eigenvalue weighted by atomic mass is 10.0. The van der Waals surface area contributed by atoms with Crippen molar-refractivity contribution in [1.82, 2.24) is 10.6 Å². The minimum Gasteiger partial charge on any atom is -0.380 e. The molecule has 0 aliphatic carbocycles. The van der Waals surface area contributed by atoms with E-state index in [1.54, 1.807) is 0 Å². The van der Waals surface area contributed by atoms with Crippen molar-refractivity contribution in [2.24, 2.45) is 0 Å². The largest absolute Gasteiger partial charge is 0.380 e. The molecule has 102 valence electrons. The molecule has 1 unspecified atom stereocenters. The molecule has 2 N–H and O–H groups in total. The second-order valence-corrected chi connectivity index (χ2v) is 4.26. The number of carbonyl (C=O) groups excluding carboxylic acids is 1. The monoisotopic (exact) mass is 264 g/mol. The van der Waals surface area contributed by atoms with E-state index in [1.165, 1.54) is 6.42 Å². The second kappa shape index (κ2) is 10.8. The van der Waals surface area contributed by atoms with Crippen molar-refractivity contribution in [1.29, 1.82) is 0 Å². The van der Waals surface area contributed by atoms with Crippen LogP contribution >= 0.6 is 12.4 Å². The van der Waals surface area contributed by atoms with Crippen LogP contribution in [0.4, 0.5) is 0 Å². The van der Waals surface area contributed by atoms with Gasteiger partial charge in [-0.25, -0.2) is 0 Å². The predicted octanol–water partition coefficient (Wildman–Crippen LogP) is 1.48. The van der Waals surface area contributed by atoms with Crippen LogP contribution in [0.1, 0.15) is 39.0 Å². The Morgan fingerprint density at radius 2 is 2.24 bits per heavy atom. The molecule has 0 radical (unpaired) electrons. The van der Waals surface area contributed by atoms with Crippen LogP contribution in [0, 0.1) is 0 Å². The number of amides is 1. The van der Waals surface area contributed by atoms with Crippen molar-refractivity contribution in [2.45, 2.75) is 45.1 Å². The van der Waals surface area contributed by atoms with E-state index in [2.05, 4.69) is 17.6 Å². The Morgan fingerprint density at radius 3 is 2.88 bits per heavy atom. The zero-order chi connectivity index (χ0) is 11.6. The molecule has 17 heavy (non-hydrogen) atoms. The molecule has 1 amide bonds. The van der Waals surface area contributed by atoms with Gasteiger partial charge in [0.2, 0.25) is 5.91 Å². The molecule has 0 aromatic rings. The summed E-state index contributed by atoms with van der Waals surface area (Å²) in [5.41, 5.74) is 0. The van der Waals surface area contributed by atoms with Crippen molar-refractivity contribution in [3.63, 3.8) is 0 Å². The fourth-order valence-electron chi connectivity index (χ4n) is 1.79. The number of carbonyl (C=O) groups is 1. The molecule has 0 spiro atoms. The summed E-state index contributed by atoms with van der Waals surface area (Å²) >= 11 is 0. The van der Waals surface area contributed by atoms with Crippen LogP contribution in [0.25, 0.3) is 0 Å². The molecule has 1 atom stereocenters. The number of piperidine rings is 1. The predicted molar refractivity (Wildman–Crippen MR) is 71.6 cm³/mol. The van der Waals surface area contributed by atoms with Gasteiger partial charge >= 0.3 is 0 Å². The summed E-state index contributed by atoms with van der Waals surface area (Å²) in [6, 6.07) is 0.0180. The number of nitrogens with one attached hydrogen (secondary N) is 2. The maximum Gasteiger partial charge on any atom is 0.237 e. The van der Waals surface area contributed by atoms with E-state index in [1.807, 2.05) is 0 Å². The van der Waals surface area contributed by atoms with E-state index in [9.17, 15) is 4.79 Å². The van der Waals surface area contributed by atoms with Crippen LogP contribution in [-0.4, -0.2) is 38.3 Å². The molecule has 1 aliphatic rings. The highest BCUT2D eigenvalue weighted by Gasteiger charge is 2.19. The number of rotatable bonds is 7. The topological polar surface area (TPSA) is 50.4 Å².